The molecular weight excluding hydrogens is 270 g/mol. The molecule has 0 atom stereocenters. The van der Waals surface area contributed by atoms with Crippen LogP contribution in [0.25, 0.3) is 0 Å². The summed E-state index contributed by atoms with van der Waals surface area (Å²) in [4.78, 5) is 25.3. The van der Waals surface area contributed by atoms with Crippen LogP contribution in [0, 0.1) is 0 Å². The molecule has 6 heteroatoms. The number of carbonyl (C=O) groups is 2. The Morgan fingerprint density at radius 3 is 2.48 bits per heavy atom. The van der Waals surface area contributed by atoms with Crippen molar-refractivity contribution in [3.8, 4) is 0 Å². The van der Waals surface area contributed by atoms with Crippen LogP contribution in [0.4, 0.5) is 10.5 Å². The van der Waals surface area contributed by atoms with Crippen molar-refractivity contribution in [3.05, 3.63) is 29.8 Å². The second kappa shape index (κ2) is 7.75. The third-order valence-corrected chi connectivity index (χ3v) is 3.48. The first-order valence-corrected chi connectivity index (χ1v) is 7.18. The molecule has 2 rings (SSSR count). The minimum atomic E-state index is -0.480. The minimum Gasteiger partial charge on any atom is -0.448 e. The standard InChI is InChI=1S/C15H21N3O3/c16-11-14(19)12-3-5-13(6-4-12)17-15(20)21-10-9-18-7-1-2-8-18/h3-6H,1-2,7-11,16H2,(H,17,20). The van der Waals surface area contributed by atoms with Gasteiger partial charge in [0.1, 0.15) is 6.61 Å². The molecule has 21 heavy (non-hydrogen) atoms. The van der Waals surface area contributed by atoms with Crippen LogP contribution in [-0.4, -0.2) is 49.6 Å². The van der Waals surface area contributed by atoms with E-state index in [1.54, 1.807) is 24.3 Å². The van der Waals surface area contributed by atoms with E-state index in [0.717, 1.165) is 19.6 Å². The number of ether oxygens (including phenoxy) is 1. The van der Waals surface area contributed by atoms with Gasteiger partial charge < -0.3 is 10.5 Å². The predicted molar refractivity (Wildman–Crippen MR) is 80.5 cm³/mol. The molecule has 1 amide bonds. The summed E-state index contributed by atoms with van der Waals surface area (Å²) in [6.07, 6.45) is 1.97. The molecule has 1 aliphatic heterocycles. The van der Waals surface area contributed by atoms with Gasteiger partial charge in [-0.25, -0.2) is 4.79 Å². The number of ketones is 1. The smallest absolute Gasteiger partial charge is 0.411 e. The van der Waals surface area contributed by atoms with Crippen LogP contribution in [0.15, 0.2) is 24.3 Å². The number of anilines is 1. The Bertz CT molecular complexity index is 481. The molecule has 6 nitrogen and oxygen atoms in total. The molecule has 1 saturated heterocycles. The summed E-state index contributed by atoms with van der Waals surface area (Å²) in [6.45, 7) is 3.31. The minimum absolute atomic E-state index is 0.0225. The number of hydrogen-bond acceptors (Lipinski definition) is 5. The van der Waals surface area contributed by atoms with E-state index in [9.17, 15) is 9.59 Å². The highest BCUT2D eigenvalue weighted by atomic mass is 16.5. The fourth-order valence-corrected chi connectivity index (χ4v) is 2.28. The molecule has 0 aliphatic carbocycles. The van der Waals surface area contributed by atoms with Crippen molar-refractivity contribution in [1.82, 2.24) is 4.90 Å². The summed E-state index contributed by atoms with van der Waals surface area (Å²) in [5.41, 5.74) is 6.41. The second-order valence-corrected chi connectivity index (χ2v) is 5.01. The first kappa shape index (κ1) is 15.5. The second-order valence-electron chi connectivity index (χ2n) is 5.01. The maximum absolute atomic E-state index is 11.6. The summed E-state index contributed by atoms with van der Waals surface area (Å²) in [5.74, 6) is -0.130. The largest absolute Gasteiger partial charge is 0.448 e. The molecule has 0 spiro atoms. The van der Waals surface area contributed by atoms with Crippen molar-refractivity contribution < 1.29 is 14.3 Å². The van der Waals surface area contributed by atoms with Gasteiger partial charge in [0.15, 0.2) is 5.78 Å². The van der Waals surface area contributed by atoms with Crippen molar-refractivity contribution in [3.63, 3.8) is 0 Å². The number of hydrogen-bond donors (Lipinski definition) is 2. The average Bonchev–Trinajstić information content (AvgIpc) is 3.00. The molecule has 0 radical (unpaired) electrons. The summed E-state index contributed by atoms with van der Waals surface area (Å²) >= 11 is 0. The summed E-state index contributed by atoms with van der Waals surface area (Å²) in [5, 5.41) is 2.63. The molecule has 3 N–H and O–H groups in total. The molecule has 1 fully saturated rings. The third-order valence-electron chi connectivity index (χ3n) is 3.48. The number of amides is 1. The maximum atomic E-state index is 11.6. The van der Waals surface area contributed by atoms with E-state index in [0.29, 0.717) is 17.9 Å². The Labute approximate surface area is 124 Å². The topological polar surface area (TPSA) is 84.7 Å². The van der Waals surface area contributed by atoms with Crippen molar-refractivity contribution in [2.45, 2.75) is 12.8 Å². The molecule has 0 bridgehead atoms. The van der Waals surface area contributed by atoms with Gasteiger partial charge in [-0.1, -0.05) is 0 Å². The molecule has 1 heterocycles. The first-order chi connectivity index (χ1) is 10.2. The van der Waals surface area contributed by atoms with E-state index in [2.05, 4.69) is 10.2 Å². The summed E-state index contributed by atoms with van der Waals surface area (Å²) in [6, 6.07) is 6.58. The Morgan fingerprint density at radius 1 is 1.19 bits per heavy atom. The van der Waals surface area contributed by atoms with Gasteiger partial charge in [0.2, 0.25) is 0 Å². The van der Waals surface area contributed by atoms with Crippen LogP contribution in [0.1, 0.15) is 23.2 Å². The molecule has 114 valence electrons. The highest BCUT2D eigenvalue weighted by Gasteiger charge is 2.12. The van der Waals surface area contributed by atoms with E-state index in [1.807, 2.05) is 0 Å². The summed E-state index contributed by atoms with van der Waals surface area (Å²) < 4.78 is 5.13. The lowest BCUT2D eigenvalue weighted by atomic mass is 10.1. The Kier molecular flexibility index (Phi) is 5.71. The van der Waals surface area contributed by atoms with Crippen LogP contribution in [0.2, 0.25) is 0 Å². The molecular formula is C15H21N3O3. The molecule has 0 unspecified atom stereocenters. The van der Waals surface area contributed by atoms with Crippen LogP contribution in [-0.2, 0) is 4.74 Å². The van der Waals surface area contributed by atoms with E-state index in [-0.39, 0.29) is 12.3 Å². The van der Waals surface area contributed by atoms with Gasteiger partial charge in [0, 0.05) is 17.8 Å². The van der Waals surface area contributed by atoms with E-state index < -0.39 is 6.09 Å². The first-order valence-electron chi connectivity index (χ1n) is 7.18. The molecule has 1 aromatic carbocycles. The quantitative estimate of drug-likeness (QED) is 0.775. The third kappa shape index (κ3) is 4.84. The van der Waals surface area contributed by atoms with E-state index in [1.165, 1.54) is 12.8 Å². The number of nitrogens with one attached hydrogen (secondary N) is 1. The molecule has 1 aromatic rings. The van der Waals surface area contributed by atoms with E-state index >= 15 is 0 Å². The van der Waals surface area contributed by atoms with Gasteiger partial charge in [-0.15, -0.1) is 0 Å². The maximum Gasteiger partial charge on any atom is 0.411 e. The number of Topliss-reactive ketones (excluding diaryl/α,β-unsaturated/α-hetero) is 1. The average molecular weight is 291 g/mol. The van der Waals surface area contributed by atoms with Crippen LogP contribution >= 0.6 is 0 Å². The fraction of sp³-hybridized carbons (Fsp3) is 0.467. The number of carbonyl (C=O) groups excluding carboxylic acids is 2. The SMILES string of the molecule is NCC(=O)c1ccc(NC(=O)OCCN2CCCC2)cc1. The van der Waals surface area contributed by atoms with Gasteiger partial charge in [-0.3, -0.25) is 15.0 Å². The van der Waals surface area contributed by atoms with Crippen molar-refractivity contribution in [2.24, 2.45) is 5.73 Å². The molecule has 0 saturated carbocycles. The lowest BCUT2D eigenvalue weighted by Gasteiger charge is -2.14. The van der Waals surface area contributed by atoms with Crippen LogP contribution in [0.3, 0.4) is 0 Å². The van der Waals surface area contributed by atoms with Crippen molar-refractivity contribution >= 4 is 17.6 Å². The Morgan fingerprint density at radius 2 is 1.86 bits per heavy atom. The highest BCUT2D eigenvalue weighted by Crippen LogP contribution is 2.10. The number of nitrogens with zero attached hydrogens (tertiary/aromatic N) is 1. The lowest BCUT2D eigenvalue weighted by molar-refractivity contribution is 0.100. The number of benzene rings is 1. The molecule has 1 aliphatic rings. The Balaban J connectivity index is 1.72. The van der Waals surface area contributed by atoms with Crippen molar-refractivity contribution in [1.29, 1.82) is 0 Å². The molecule has 0 aromatic heterocycles. The van der Waals surface area contributed by atoms with Gasteiger partial charge in [-0.2, -0.15) is 0 Å². The highest BCUT2D eigenvalue weighted by molar-refractivity contribution is 5.98. The van der Waals surface area contributed by atoms with Gasteiger partial charge in [-0.05, 0) is 50.2 Å². The number of rotatable bonds is 6. The zero-order valence-electron chi connectivity index (χ0n) is 12.0. The zero-order valence-corrected chi connectivity index (χ0v) is 12.0. The van der Waals surface area contributed by atoms with Gasteiger partial charge in [0.05, 0.1) is 6.54 Å². The lowest BCUT2D eigenvalue weighted by Crippen LogP contribution is -2.26. The normalized spacial score (nSPS) is 14.9. The fourth-order valence-electron chi connectivity index (χ4n) is 2.28. The van der Waals surface area contributed by atoms with Crippen molar-refractivity contribution in [2.75, 3.05) is 38.1 Å². The van der Waals surface area contributed by atoms with Crippen LogP contribution in [0.5, 0.6) is 0 Å². The van der Waals surface area contributed by atoms with Crippen LogP contribution < -0.4 is 11.1 Å². The summed E-state index contributed by atoms with van der Waals surface area (Å²) in [7, 11) is 0. The number of nitrogens with two attached hydrogens (primary N) is 1. The predicted octanol–water partition coefficient (Wildman–Crippen LogP) is 1.47. The van der Waals surface area contributed by atoms with Gasteiger partial charge >= 0.3 is 6.09 Å². The monoisotopic (exact) mass is 291 g/mol. The number of likely N-dealkylation sites (tertiary alicyclic amines) is 1. The van der Waals surface area contributed by atoms with E-state index in [4.69, 9.17) is 10.5 Å². The zero-order chi connectivity index (χ0) is 15.1. The van der Waals surface area contributed by atoms with Gasteiger partial charge in [0.25, 0.3) is 0 Å². The Hall–Kier alpha value is -1.92.